The van der Waals surface area contributed by atoms with Gasteiger partial charge in [-0.15, -0.1) is 11.6 Å². The largest absolute Gasteiger partial charge is 0.215 e. The maximum Gasteiger partial charge on any atom is 0.214 e. The van der Waals surface area contributed by atoms with Crippen molar-refractivity contribution >= 4 is 21.6 Å². The zero-order chi connectivity index (χ0) is 12.3. The molecule has 0 aliphatic heterocycles. The predicted molar refractivity (Wildman–Crippen MR) is 70.8 cm³/mol. The number of nitrogens with one attached hydrogen (secondary N) is 1. The van der Waals surface area contributed by atoms with E-state index < -0.39 is 10.0 Å². The molecule has 2 saturated carbocycles. The first-order chi connectivity index (χ1) is 8.09. The van der Waals surface area contributed by atoms with E-state index in [4.69, 9.17) is 11.6 Å². The van der Waals surface area contributed by atoms with Crippen LogP contribution in [0.3, 0.4) is 0 Å². The van der Waals surface area contributed by atoms with Crippen LogP contribution in [0.15, 0.2) is 0 Å². The molecule has 5 heteroatoms. The van der Waals surface area contributed by atoms with Crippen molar-refractivity contribution in [1.82, 2.24) is 4.72 Å². The van der Waals surface area contributed by atoms with Crippen molar-refractivity contribution < 1.29 is 8.42 Å². The average Bonchev–Trinajstić information content (AvgIpc) is 2.74. The van der Waals surface area contributed by atoms with Crippen LogP contribution in [0.25, 0.3) is 0 Å². The molecule has 0 aromatic rings. The molecule has 0 aromatic heterocycles. The number of alkyl halides is 1. The molecule has 1 N–H and O–H groups in total. The van der Waals surface area contributed by atoms with Crippen LogP contribution in [0.1, 0.15) is 51.4 Å². The molecule has 0 bridgehead atoms. The molecule has 2 unspecified atom stereocenters. The van der Waals surface area contributed by atoms with Crippen LogP contribution in [0.2, 0.25) is 0 Å². The number of rotatable bonds is 4. The molecule has 0 aromatic carbocycles. The number of hydrogen-bond donors (Lipinski definition) is 1. The van der Waals surface area contributed by atoms with Gasteiger partial charge in [0.2, 0.25) is 10.0 Å². The Morgan fingerprint density at radius 1 is 1.00 bits per heavy atom. The summed E-state index contributed by atoms with van der Waals surface area (Å²) in [6.07, 6.45) is 8.13. The molecular weight excluding hydrogens is 258 g/mol. The second-order valence-electron chi connectivity index (χ2n) is 5.36. The Kier molecular flexibility index (Phi) is 4.72. The van der Waals surface area contributed by atoms with Gasteiger partial charge in [0.25, 0.3) is 0 Å². The van der Waals surface area contributed by atoms with Crippen molar-refractivity contribution in [3.8, 4) is 0 Å². The van der Waals surface area contributed by atoms with E-state index in [0.29, 0.717) is 12.5 Å². The van der Waals surface area contributed by atoms with Crippen LogP contribution in [-0.4, -0.2) is 25.6 Å². The zero-order valence-corrected chi connectivity index (χ0v) is 11.8. The zero-order valence-electron chi connectivity index (χ0n) is 10.2. The highest BCUT2D eigenvalue weighted by Gasteiger charge is 2.30. The van der Waals surface area contributed by atoms with Gasteiger partial charge in [-0.25, -0.2) is 13.1 Å². The lowest BCUT2D eigenvalue weighted by atomic mass is 10.0. The van der Waals surface area contributed by atoms with Gasteiger partial charge in [0.05, 0.1) is 5.25 Å². The third-order valence-electron chi connectivity index (χ3n) is 4.10. The van der Waals surface area contributed by atoms with Crippen LogP contribution in [-0.2, 0) is 10.0 Å². The smallest absolute Gasteiger partial charge is 0.214 e. The van der Waals surface area contributed by atoms with Gasteiger partial charge >= 0.3 is 0 Å². The normalized spacial score (nSPS) is 31.8. The fourth-order valence-electron chi connectivity index (χ4n) is 2.94. The molecule has 2 rings (SSSR count). The predicted octanol–water partition coefficient (Wildman–Crippen LogP) is 2.65. The maximum absolute atomic E-state index is 12.1. The lowest BCUT2D eigenvalue weighted by molar-refractivity contribution is 0.468. The topological polar surface area (TPSA) is 46.2 Å². The Balaban J connectivity index is 1.84. The molecule has 0 heterocycles. The SMILES string of the molecule is O=S(=O)(NCC1CCCC1Cl)C1CCCCC1. The van der Waals surface area contributed by atoms with Gasteiger partial charge in [-0.3, -0.25) is 0 Å². The fourth-order valence-corrected chi connectivity index (χ4v) is 4.94. The molecule has 17 heavy (non-hydrogen) atoms. The summed E-state index contributed by atoms with van der Waals surface area (Å²) in [4.78, 5) is 0. The van der Waals surface area contributed by atoms with Crippen LogP contribution in [0.4, 0.5) is 0 Å². The van der Waals surface area contributed by atoms with Crippen molar-refractivity contribution in [2.45, 2.75) is 62.0 Å². The van der Waals surface area contributed by atoms with Gasteiger partial charge in [0, 0.05) is 11.9 Å². The third kappa shape index (κ3) is 3.58. The van der Waals surface area contributed by atoms with E-state index in [1.165, 1.54) is 6.42 Å². The summed E-state index contributed by atoms with van der Waals surface area (Å²) in [6, 6.07) is 0. The number of hydrogen-bond acceptors (Lipinski definition) is 2. The molecule has 0 spiro atoms. The summed E-state index contributed by atoms with van der Waals surface area (Å²) >= 11 is 6.16. The van der Waals surface area contributed by atoms with Gasteiger partial charge in [-0.05, 0) is 31.6 Å². The van der Waals surface area contributed by atoms with E-state index in [-0.39, 0.29) is 10.6 Å². The van der Waals surface area contributed by atoms with Gasteiger partial charge in [0.15, 0.2) is 0 Å². The second kappa shape index (κ2) is 5.89. The minimum atomic E-state index is -3.10. The maximum atomic E-state index is 12.1. The lowest BCUT2D eigenvalue weighted by Crippen LogP contribution is -2.38. The molecule has 0 saturated heterocycles. The highest BCUT2D eigenvalue weighted by molar-refractivity contribution is 7.90. The first-order valence-electron chi connectivity index (χ1n) is 6.72. The molecular formula is C12H22ClNO2S. The average molecular weight is 280 g/mol. The van der Waals surface area contributed by atoms with Crippen molar-refractivity contribution in [1.29, 1.82) is 0 Å². The summed E-state index contributed by atoms with van der Waals surface area (Å²) in [5, 5.41) is -0.00418. The van der Waals surface area contributed by atoms with E-state index >= 15 is 0 Å². The van der Waals surface area contributed by atoms with Crippen molar-refractivity contribution in [2.24, 2.45) is 5.92 Å². The Morgan fingerprint density at radius 2 is 1.71 bits per heavy atom. The quantitative estimate of drug-likeness (QED) is 0.804. The van der Waals surface area contributed by atoms with E-state index in [1.807, 2.05) is 0 Å². The second-order valence-corrected chi connectivity index (χ2v) is 7.97. The summed E-state index contributed by atoms with van der Waals surface area (Å²) < 4.78 is 27.0. The van der Waals surface area contributed by atoms with Crippen LogP contribution >= 0.6 is 11.6 Å². The first kappa shape index (κ1) is 13.6. The third-order valence-corrected chi connectivity index (χ3v) is 6.60. The highest BCUT2D eigenvalue weighted by atomic mass is 35.5. The molecule has 2 fully saturated rings. The van der Waals surface area contributed by atoms with Crippen molar-refractivity contribution in [3.05, 3.63) is 0 Å². The molecule has 2 atom stereocenters. The van der Waals surface area contributed by atoms with Crippen LogP contribution < -0.4 is 4.72 Å². The van der Waals surface area contributed by atoms with Gasteiger partial charge in [-0.2, -0.15) is 0 Å². The Morgan fingerprint density at radius 3 is 2.29 bits per heavy atom. The minimum absolute atomic E-state index is 0.157. The Bertz CT molecular complexity index is 338. The van der Waals surface area contributed by atoms with Gasteiger partial charge < -0.3 is 0 Å². The number of halogens is 1. The molecule has 3 nitrogen and oxygen atoms in total. The highest BCUT2D eigenvalue weighted by Crippen LogP contribution is 2.30. The molecule has 100 valence electrons. The van der Waals surface area contributed by atoms with E-state index in [9.17, 15) is 8.42 Å². The van der Waals surface area contributed by atoms with Crippen LogP contribution in [0.5, 0.6) is 0 Å². The van der Waals surface area contributed by atoms with E-state index in [0.717, 1.165) is 44.9 Å². The standard InChI is InChI=1S/C12H22ClNO2S/c13-12-8-4-5-10(12)9-14-17(15,16)11-6-2-1-3-7-11/h10-12,14H,1-9H2. The summed E-state index contributed by atoms with van der Waals surface area (Å²) in [6.45, 7) is 0.535. The fraction of sp³-hybridized carbons (Fsp3) is 1.00. The van der Waals surface area contributed by atoms with Gasteiger partial charge in [0.1, 0.15) is 0 Å². The van der Waals surface area contributed by atoms with E-state index in [2.05, 4.69) is 4.72 Å². The molecule has 2 aliphatic rings. The van der Waals surface area contributed by atoms with Crippen LogP contribution in [0, 0.1) is 5.92 Å². The molecule has 2 aliphatic carbocycles. The van der Waals surface area contributed by atoms with E-state index in [1.54, 1.807) is 0 Å². The summed E-state index contributed by atoms with van der Waals surface area (Å²) in [5.74, 6) is 0.329. The summed E-state index contributed by atoms with van der Waals surface area (Å²) in [5.41, 5.74) is 0. The lowest BCUT2D eigenvalue weighted by Gasteiger charge is -2.23. The number of sulfonamides is 1. The molecule has 0 radical (unpaired) electrons. The summed E-state index contributed by atoms with van der Waals surface area (Å²) in [7, 11) is -3.10. The van der Waals surface area contributed by atoms with Crippen molar-refractivity contribution in [3.63, 3.8) is 0 Å². The Hall–Kier alpha value is 0.200. The Labute approximate surface area is 109 Å². The monoisotopic (exact) mass is 279 g/mol. The first-order valence-corrected chi connectivity index (χ1v) is 8.70. The molecule has 0 amide bonds. The van der Waals surface area contributed by atoms with Crippen molar-refractivity contribution in [2.75, 3.05) is 6.54 Å². The van der Waals surface area contributed by atoms with Gasteiger partial charge in [-0.1, -0.05) is 25.7 Å². The minimum Gasteiger partial charge on any atom is -0.215 e.